The largest absolute Gasteiger partial charge is 0.345 e. The lowest BCUT2D eigenvalue weighted by atomic mass is 10.3. The Hall–Kier alpha value is -2.72. The quantitative estimate of drug-likeness (QED) is 0.622. The fourth-order valence-electron chi connectivity index (χ4n) is 3.64. The van der Waals surface area contributed by atoms with Crippen molar-refractivity contribution in [2.24, 2.45) is 7.05 Å². The molecular weight excluding hydrogens is 439 g/mol. The number of hydrogen-bond acceptors (Lipinski definition) is 5. The number of benzene rings is 1. The van der Waals surface area contributed by atoms with E-state index in [1.165, 1.54) is 35.6 Å². The summed E-state index contributed by atoms with van der Waals surface area (Å²) >= 11 is 1.28. The third-order valence-electron chi connectivity index (χ3n) is 5.48. The Morgan fingerprint density at radius 1 is 1.16 bits per heavy atom. The molecular formula is C21H23FN4O3S2. The molecule has 1 saturated heterocycles. The van der Waals surface area contributed by atoms with Gasteiger partial charge in [-0.1, -0.05) is 0 Å². The zero-order chi connectivity index (χ0) is 22.3. The molecule has 3 aromatic rings. The van der Waals surface area contributed by atoms with Crippen LogP contribution < -0.4 is 4.72 Å². The smallest absolute Gasteiger partial charge is 0.265 e. The number of anilines is 1. The van der Waals surface area contributed by atoms with Crippen molar-refractivity contribution in [3.8, 4) is 10.7 Å². The van der Waals surface area contributed by atoms with Gasteiger partial charge in [-0.3, -0.25) is 9.52 Å². The summed E-state index contributed by atoms with van der Waals surface area (Å²) in [5.41, 5.74) is 2.06. The van der Waals surface area contributed by atoms with Gasteiger partial charge in [0.15, 0.2) is 0 Å². The second-order valence-corrected chi connectivity index (χ2v) is 10.2. The molecule has 0 radical (unpaired) electrons. The highest BCUT2D eigenvalue weighted by molar-refractivity contribution is 7.92. The molecule has 164 valence electrons. The molecule has 0 unspecified atom stereocenters. The van der Waals surface area contributed by atoms with Gasteiger partial charge in [-0.25, -0.2) is 17.8 Å². The lowest BCUT2D eigenvalue weighted by Gasteiger charge is -2.13. The lowest BCUT2D eigenvalue weighted by Crippen LogP contribution is -2.27. The maximum Gasteiger partial charge on any atom is 0.265 e. The first-order valence-corrected chi connectivity index (χ1v) is 12.2. The standard InChI is InChI=1S/C21H23FN4O3S2/c1-13-19(21(27)26-10-4-5-11-26)30-20(23-13)17-12-18(14(2)25(17)3)31(28,29)24-16-8-6-15(22)7-9-16/h6-9,12,24H,4-5,10-11H2,1-3H3. The SMILES string of the molecule is Cc1nc(-c2cc(S(=O)(=O)Nc3ccc(F)cc3)c(C)n2C)sc1C(=O)N1CCCC1. The number of hydrogen-bond donors (Lipinski definition) is 1. The number of aromatic nitrogens is 2. The van der Waals surface area contributed by atoms with Gasteiger partial charge in [-0.2, -0.15) is 0 Å². The molecule has 0 bridgehead atoms. The molecule has 4 rings (SSSR count). The van der Waals surface area contributed by atoms with Crippen molar-refractivity contribution in [1.82, 2.24) is 14.5 Å². The molecule has 1 N–H and O–H groups in total. The third-order valence-corrected chi connectivity index (χ3v) is 8.14. The summed E-state index contributed by atoms with van der Waals surface area (Å²) in [4.78, 5) is 19.9. The summed E-state index contributed by atoms with van der Waals surface area (Å²) in [6, 6.07) is 6.68. The number of amides is 1. The lowest BCUT2D eigenvalue weighted by molar-refractivity contribution is 0.0796. The van der Waals surface area contributed by atoms with E-state index in [0.717, 1.165) is 25.9 Å². The van der Waals surface area contributed by atoms with Gasteiger partial charge in [-0.15, -0.1) is 11.3 Å². The van der Waals surface area contributed by atoms with E-state index in [1.54, 1.807) is 31.5 Å². The highest BCUT2D eigenvalue weighted by atomic mass is 32.2. The topological polar surface area (TPSA) is 84.3 Å². The Labute approximate surface area is 184 Å². The molecule has 1 aromatic carbocycles. The van der Waals surface area contributed by atoms with Crippen LogP contribution in [0.5, 0.6) is 0 Å². The van der Waals surface area contributed by atoms with Gasteiger partial charge in [0.25, 0.3) is 15.9 Å². The molecule has 1 aliphatic rings. The van der Waals surface area contributed by atoms with E-state index in [-0.39, 0.29) is 16.5 Å². The summed E-state index contributed by atoms with van der Waals surface area (Å²) in [5, 5.41) is 0.592. The minimum absolute atomic E-state index is 0.0181. The van der Waals surface area contributed by atoms with E-state index in [0.29, 0.717) is 27.0 Å². The van der Waals surface area contributed by atoms with Crippen LogP contribution in [0.2, 0.25) is 0 Å². The number of nitrogens with zero attached hydrogens (tertiary/aromatic N) is 3. The van der Waals surface area contributed by atoms with Gasteiger partial charge < -0.3 is 9.47 Å². The molecule has 1 fully saturated rings. The van der Waals surface area contributed by atoms with E-state index < -0.39 is 15.8 Å². The van der Waals surface area contributed by atoms with Crippen LogP contribution in [-0.2, 0) is 17.1 Å². The maximum atomic E-state index is 13.1. The van der Waals surface area contributed by atoms with Crippen LogP contribution in [0.4, 0.5) is 10.1 Å². The molecule has 1 aliphatic heterocycles. The Bertz CT molecular complexity index is 1240. The van der Waals surface area contributed by atoms with Crippen LogP contribution in [0.3, 0.4) is 0 Å². The first-order chi connectivity index (χ1) is 14.7. The normalized spacial score (nSPS) is 14.3. The molecule has 3 heterocycles. The molecule has 0 atom stereocenters. The zero-order valence-electron chi connectivity index (χ0n) is 17.5. The minimum Gasteiger partial charge on any atom is -0.345 e. The van der Waals surface area contributed by atoms with Gasteiger partial charge in [-0.05, 0) is 57.0 Å². The number of rotatable bonds is 5. The average Bonchev–Trinajstić information content (AvgIpc) is 3.44. The van der Waals surface area contributed by atoms with Crippen LogP contribution >= 0.6 is 11.3 Å². The van der Waals surface area contributed by atoms with Crippen LogP contribution in [0.1, 0.15) is 33.9 Å². The second kappa shape index (κ2) is 8.08. The van der Waals surface area contributed by atoms with Gasteiger partial charge in [0, 0.05) is 31.5 Å². The molecule has 0 saturated carbocycles. The summed E-state index contributed by atoms with van der Waals surface area (Å²) in [6.45, 7) is 5.02. The fraction of sp³-hybridized carbons (Fsp3) is 0.333. The van der Waals surface area contributed by atoms with Crippen LogP contribution in [-0.4, -0.2) is 41.9 Å². The number of aryl methyl sites for hydroxylation is 1. The number of sulfonamides is 1. The summed E-state index contributed by atoms with van der Waals surface area (Å²) in [5.74, 6) is -0.463. The average molecular weight is 463 g/mol. The monoisotopic (exact) mass is 462 g/mol. The van der Waals surface area contributed by atoms with Crippen molar-refractivity contribution >= 4 is 33.0 Å². The maximum absolute atomic E-state index is 13.1. The summed E-state index contributed by atoms with van der Waals surface area (Å²) in [6.07, 6.45) is 2.02. The molecule has 2 aromatic heterocycles. The van der Waals surface area contributed by atoms with Crippen molar-refractivity contribution < 1.29 is 17.6 Å². The van der Waals surface area contributed by atoms with Crippen molar-refractivity contribution in [3.05, 3.63) is 52.4 Å². The number of carbonyl (C=O) groups excluding carboxylic acids is 1. The fourth-order valence-corrected chi connectivity index (χ4v) is 6.08. The predicted molar refractivity (Wildman–Crippen MR) is 118 cm³/mol. The Balaban J connectivity index is 1.67. The molecule has 0 aliphatic carbocycles. The number of carbonyl (C=O) groups is 1. The van der Waals surface area contributed by atoms with Crippen molar-refractivity contribution in [2.75, 3.05) is 17.8 Å². The highest BCUT2D eigenvalue weighted by Gasteiger charge is 2.27. The second-order valence-electron chi connectivity index (χ2n) is 7.58. The number of halogens is 1. The summed E-state index contributed by atoms with van der Waals surface area (Å²) in [7, 11) is -2.13. The summed E-state index contributed by atoms with van der Waals surface area (Å²) < 4.78 is 43.3. The number of thiazole rings is 1. The van der Waals surface area contributed by atoms with Crippen molar-refractivity contribution in [2.45, 2.75) is 31.6 Å². The van der Waals surface area contributed by atoms with Gasteiger partial charge in [0.2, 0.25) is 0 Å². The van der Waals surface area contributed by atoms with Crippen LogP contribution in [0.25, 0.3) is 10.7 Å². The van der Waals surface area contributed by atoms with Crippen molar-refractivity contribution in [3.63, 3.8) is 0 Å². The molecule has 0 spiro atoms. The Morgan fingerprint density at radius 3 is 2.45 bits per heavy atom. The highest BCUT2D eigenvalue weighted by Crippen LogP contribution is 2.33. The molecule has 31 heavy (non-hydrogen) atoms. The van der Waals surface area contributed by atoms with E-state index in [2.05, 4.69) is 9.71 Å². The van der Waals surface area contributed by atoms with Gasteiger partial charge in [0.05, 0.1) is 11.4 Å². The van der Waals surface area contributed by atoms with Gasteiger partial charge >= 0.3 is 0 Å². The van der Waals surface area contributed by atoms with Crippen LogP contribution in [0.15, 0.2) is 35.2 Å². The Kier molecular flexibility index (Phi) is 5.61. The van der Waals surface area contributed by atoms with E-state index in [1.807, 2.05) is 4.90 Å². The number of likely N-dealkylation sites (tertiary alicyclic amines) is 1. The predicted octanol–water partition coefficient (Wildman–Crippen LogP) is 3.94. The molecule has 1 amide bonds. The first-order valence-electron chi connectivity index (χ1n) is 9.89. The zero-order valence-corrected chi connectivity index (χ0v) is 19.1. The first kappa shape index (κ1) is 21.5. The minimum atomic E-state index is -3.89. The van der Waals surface area contributed by atoms with Crippen LogP contribution in [0, 0.1) is 19.7 Å². The van der Waals surface area contributed by atoms with E-state index >= 15 is 0 Å². The van der Waals surface area contributed by atoms with Crippen molar-refractivity contribution in [1.29, 1.82) is 0 Å². The van der Waals surface area contributed by atoms with E-state index in [9.17, 15) is 17.6 Å². The third kappa shape index (κ3) is 4.09. The van der Waals surface area contributed by atoms with Gasteiger partial charge in [0.1, 0.15) is 20.6 Å². The number of nitrogens with one attached hydrogen (secondary N) is 1. The molecule has 10 heteroatoms. The molecule has 7 nitrogen and oxygen atoms in total. The Morgan fingerprint density at radius 2 is 1.81 bits per heavy atom. The van der Waals surface area contributed by atoms with E-state index in [4.69, 9.17) is 0 Å².